The number of nitrogens with zero attached hydrogens (tertiary/aromatic N) is 6. The molecule has 1 aromatic carbocycles. The van der Waals surface area contributed by atoms with Crippen LogP contribution in [-0.2, 0) is 6.42 Å². The molecule has 0 atom stereocenters. The molecule has 4 aromatic rings. The molecule has 27 heavy (non-hydrogen) atoms. The van der Waals surface area contributed by atoms with E-state index in [9.17, 15) is 4.79 Å². The molecule has 0 saturated carbocycles. The number of H-pyrrole nitrogens is 1. The highest BCUT2D eigenvalue weighted by atomic mass is 16.1. The molecular weight excluding hydrogens is 342 g/mol. The lowest BCUT2D eigenvalue weighted by Crippen LogP contribution is -2.07. The summed E-state index contributed by atoms with van der Waals surface area (Å²) >= 11 is 0. The summed E-state index contributed by atoms with van der Waals surface area (Å²) in [4.78, 5) is 18.8. The molecule has 0 amide bonds. The molecule has 8 nitrogen and oxygen atoms in total. The van der Waals surface area contributed by atoms with E-state index in [4.69, 9.17) is 0 Å². The second kappa shape index (κ2) is 6.17. The fraction of sp³-hybridized carbons (Fsp3) is 0.105. The lowest BCUT2D eigenvalue weighted by molar-refractivity contribution is 0.830. The highest BCUT2D eigenvalue weighted by Gasteiger charge is 2.11. The second-order valence-electron chi connectivity index (χ2n) is 6.24. The molecular formula is C19H14N7O-. The van der Waals surface area contributed by atoms with Crippen LogP contribution in [0.4, 0.5) is 0 Å². The van der Waals surface area contributed by atoms with Gasteiger partial charge in [-0.2, -0.15) is 15.8 Å². The van der Waals surface area contributed by atoms with E-state index in [0.29, 0.717) is 35.3 Å². The average Bonchev–Trinajstić information content (AvgIpc) is 3.11. The van der Waals surface area contributed by atoms with Gasteiger partial charge in [0.2, 0.25) is 0 Å². The third-order valence-corrected chi connectivity index (χ3v) is 4.47. The third-order valence-electron chi connectivity index (χ3n) is 4.47. The van der Waals surface area contributed by atoms with Crippen molar-refractivity contribution in [3.8, 4) is 0 Å². The molecule has 0 saturated heterocycles. The zero-order valence-corrected chi connectivity index (χ0v) is 14.2. The molecule has 0 aliphatic carbocycles. The average molecular weight is 356 g/mol. The number of rotatable bonds is 3. The molecule has 1 aliphatic heterocycles. The summed E-state index contributed by atoms with van der Waals surface area (Å²) in [7, 11) is 0. The van der Waals surface area contributed by atoms with Crippen LogP contribution >= 0.6 is 0 Å². The van der Waals surface area contributed by atoms with Gasteiger partial charge >= 0.3 is 0 Å². The summed E-state index contributed by atoms with van der Waals surface area (Å²) in [5.74, 6) is 0.704. The quantitative estimate of drug-likeness (QED) is 0.606. The van der Waals surface area contributed by atoms with Crippen LogP contribution < -0.4 is 5.56 Å². The second-order valence-corrected chi connectivity index (χ2v) is 6.24. The van der Waals surface area contributed by atoms with Crippen LogP contribution in [0.2, 0.25) is 0 Å². The van der Waals surface area contributed by atoms with Crippen molar-refractivity contribution in [2.24, 2.45) is 0 Å². The number of aromatic nitrogens is 6. The van der Waals surface area contributed by atoms with Crippen molar-refractivity contribution in [2.75, 3.05) is 6.54 Å². The maximum absolute atomic E-state index is 12.0. The first-order chi connectivity index (χ1) is 13.3. The normalized spacial score (nSPS) is 13.7. The highest BCUT2D eigenvalue weighted by Crippen LogP contribution is 2.19. The Labute approximate surface area is 153 Å². The monoisotopic (exact) mass is 356 g/mol. The Morgan fingerprint density at radius 3 is 3.04 bits per heavy atom. The molecule has 0 bridgehead atoms. The molecule has 5 rings (SSSR count). The topological polar surface area (TPSA) is 103 Å². The van der Waals surface area contributed by atoms with Crippen LogP contribution in [0.15, 0.2) is 59.8 Å². The molecule has 1 N–H and O–H groups in total. The molecule has 0 unspecified atom stereocenters. The summed E-state index contributed by atoms with van der Waals surface area (Å²) in [5.41, 5.74) is 4.01. The summed E-state index contributed by atoms with van der Waals surface area (Å²) < 4.78 is 1.74. The summed E-state index contributed by atoms with van der Waals surface area (Å²) in [5, 5.41) is 18.0. The Morgan fingerprint density at radius 2 is 2.15 bits per heavy atom. The molecule has 3 aromatic heterocycles. The van der Waals surface area contributed by atoms with Gasteiger partial charge in [0, 0.05) is 6.42 Å². The minimum Gasteiger partial charge on any atom is -0.687 e. The van der Waals surface area contributed by atoms with E-state index in [2.05, 4.69) is 30.6 Å². The Balaban J connectivity index is 1.55. The molecule has 0 radical (unpaired) electrons. The van der Waals surface area contributed by atoms with Gasteiger partial charge in [-0.15, -0.1) is 16.7 Å². The number of benzene rings is 1. The minimum atomic E-state index is -0.158. The summed E-state index contributed by atoms with van der Waals surface area (Å²) in [6, 6.07) is 9.43. The zero-order valence-electron chi connectivity index (χ0n) is 14.2. The molecule has 0 fully saturated rings. The van der Waals surface area contributed by atoms with Gasteiger partial charge in [0.25, 0.3) is 5.56 Å². The standard InChI is InChI=1S/C19H15N7O/c27-19-14-8-12(3-4-16(14)21-11-22-19)9-18-24-23-17-6-5-15(25-26(17)18)13-2-1-7-20-10-13/h1-8,11H,9-10H2,(H2,20,21,22,25,27)/p-1. The number of allylic oxidation sites excluding steroid dienone is 2. The van der Waals surface area contributed by atoms with E-state index in [-0.39, 0.29) is 5.56 Å². The van der Waals surface area contributed by atoms with Crippen molar-refractivity contribution in [3.63, 3.8) is 0 Å². The number of hydrogen-bond acceptors (Lipinski definition) is 5. The number of aromatic amines is 1. The van der Waals surface area contributed by atoms with Crippen LogP contribution in [-0.4, -0.2) is 36.3 Å². The van der Waals surface area contributed by atoms with Gasteiger partial charge in [0.15, 0.2) is 11.5 Å². The first-order valence-corrected chi connectivity index (χ1v) is 8.48. The maximum Gasteiger partial charge on any atom is 0.258 e. The Kier molecular flexibility index (Phi) is 3.53. The first kappa shape index (κ1) is 15.4. The predicted molar refractivity (Wildman–Crippen MR) is 101 cm³/mol. The molecule has 8 heteroatoms. The van der Waals surface area contributed by atoms with E-state index in [1.807, 2.05) is 42.5 Å². The first-order valence-electron chi connectivity index (χ1n) is 8.48. The van der Waals surface area contributed by atoms with Crippen molar-refractivity contribution < 1.29 is 0 Å². The Hall–Kier alpha value is -3.81. The number of nitrogens with one attached hydrogen (secondary N) is 1. The van der Waals surface area contributed by atoms with Crippen LogP contribution in [0.1, 0.15) is 17.1 Å². The van der Waals surface area contributed by atoms with Gasteiger partial charge in [0.05, 0.1) is 22.9 Å². The fourth-order valence-corrected chi connectivity index (χ4v) is 3.11. The highest BCUT2D eigenvalue weighted by molar-refractivity contribution is 5.78. The third kappa shape index (κ3) is 2.77. The number of hydrogen-bond donors (Lipinski definition) is 1. The van der Waals surface area contributed by atoms with Gasteiger partial charge in [-0.25, -0.2) is 4.98 Å². The van der Waals surface area contributed by atoms with E-state index >= 15 is 0 Å². The van der Waals surface area contributed by atoms with Crippen molar-refractivity contribution in [2.45, 2.75) is 6.42 Å². The van der Waals surface area contributed by atoms with E-state index in [1.54, 1.807) is 10.7 Å². The van der Waals surface area contributed by atoms with Crippen LogP contribution in [0.25, 0.3) is 27.4 Å². The maximum atomic E-state index is 12.0. The van der Waals surface area contributed by atoms with E-state index in [0.717, 1.165) is 16.8 Å². The molecule has 0 spiro atoms. The van der Waals surface area contributed by atoms with Gasteiger partial charge in [-0.05, 0) is 35.4 Å². The van der Waals surface area contributed by atoms with Crippen molar-refractivity contribution in [1.29, 1.82) is 0 Å². The lowest BCUT2D eigenvalue weighted by atomic mass is 10.1. The van der Waals surface area contributed by atoms with E-state index in [1.165, 1.54) is 6.33 Å². The van der Waals surface area contributed by atoms with Crippen molar-refractivity contribution in [1.82, 2.24) is 29.8 Å². The molecule has 1 aliphatic rings. The molecule has 132 valence electrons. The Morgan fingerprint density at radius 1 is 1.19 bits per heavy atom. The van der Waals surface area contributed by atoms with Gasteiger partial charge in [-0.3, -0.25) is 4.79 Å². The SMILES string of the molecule is O=c1[nH]cnc2ccc(Cc3nnc4ccc(C5=CC=C[N-]C5)nn34)cc12. The largest absolute Gasteiger partial charge is 0.687 e. The summed E-state index contributed by atoms with van der Waals surface area (Å²) in [6.45, 7) is 0.604. The Bertz CT molecular complexity index is 1280. The molecule has 4 heterocycles. The van der Waals surface area contributed by atoms with Gasteiger partial charge in [0.1, 0.15) is 0 Å². The van der Waals surface area contributed by atoms with E-state index < -0.39 is 0 Å². The zero-order chi connectivity index (χ0) is 18.2. The van der Waals surface area contributed by atoms with Crippen LogP contribution in [0.3, 0.4) is 0 Å². The van der Waals surface area contributed by atoms with Crippen molar-refractivity contribution in [3.05, 3.63) is 87.8 Å². The minimum absolute atomic E-state index is 0.158. The number of fused-ring (bicyclic) bond motifs is 2. The predicted octanol–water partition coefficient (Wildman–Crippen LogP) is 2.24. The fourth-order valence-electron chi connectivity index (χ4n) is 3.11. The summed E-state index contributed by atoms with van der Waals surface area (Å²) in [6.07, 6.45) is 7.60. The van der Waals surface area contributed by atoms with Gasteiger partial charge in [-0.1, -0.05) is 18.2 Å². The van der Waals surface area contributed by atoms with Crippen LogP contribution in [0.5, 0.6) is 0 Å². The smallest absolute Gasteiger partial charge is 0.258 e. The van der Waals surface area contributed by atoms with Gasteiger partial charge < -0.3 is 10.3 Å². The lowest BCUT2D eigenvalue weighted by Gasteiger charge is -2.20. The van der Waals surface area contributed by atoms with Crippen molar-refractivity contribution >= 4 is 22.1 Å². The van der Waals surface area contributed by atoms with Crippen LogP contribution in [0, 0.1) is 0 Å².